The Morgan fingerprint density at radius 3 is 2.48 bits per heavy atom. The van der Waals surface area contributed by atoms with Crippen LogP contribution in [-0.4, -0.2) is 46.7 Å². The normalized spacial score (nSPS) is 16.1. The summed E-state index contributed by atoms with van der Waals surface area (Å²) >= 11 is 0. The van der Waals surface area contributed by atoms with Gasteiger partial charge in [0.15, 0.2) is 9.84 Å². The van der Waals surface area contributed by atoms with Gasteiger partial charge in [-0.2, -0.15) is 0 Å². The number of sulfone groups is 1. The lowest BCUT2D eigenvalue weighted by Gasteiger charge is -2.31. The molecule has 7 heteroatoms. The lowest BCUT2D eigenvalue weighted by atomic mass is 9.88. The standard InChI is InChI=1S/C24H30N4O2S/c1-19(2)31(29,30)18-20-7-6-8-22(15-20)21-11-13-27(14-12-21)16-23-17-28(26-25-23)24-9-4-3-5-10-24/h3-10,15,17,19,21H,11-14,16,18H2,1-2H3. The largest absolute Gasteiger partial charge is 0.297 e. The van der Waals surface area contributed by atoms with Crippen molar-refractivity contribution in [3.8, 4) is 5.69 Å². The first-order chi connectivity index (χ1) is 14.9. The molecule has 2 heterocycles. The molecule has 0 atom stereocenters. The molecule has 4 rings (SSSR count). The molecule has 3 aromatic rings. The van der Waals surface area contributed by atoms with Gasteiger partial charge in [0.05, 0.1) is 28.6 Å². The molecule has 1 aliphatic heterocycles. The van der Waals surface area contributed by atoms with E-state index in [0.29, 0.717) is 5.92 Å². The Morgan fingerprint density at radius 2 is 1.77 bits per heavy atom. The van der Waals surface area contributed by atoms with Gasteiger partial charge in [-0.25, -0.2) is 13.1 Å². The van der Waals surface area contributed by atoms with Crippen LogP contribution in [0.2, 0.25) is 0 Å². The van der Waals surface area contributed by atoms with Crippen molar-refractivity contribution in [3.05, 3.63) is 77.6 Å². The summed E-state index contributed by atoms with van der Waals surface area (Å²) in [5.41, 5.74) is 4.14. The van der Waals surface area contributed by atoms with Crippen LogP contribution in [-0.2, 0) is 22.1 Å². The Morgan fingerprint density at radius 1 is 1.03 bits per heavy atom. The summed E-state index contributed by atoms with van der Waals surface area (Å²) in [4.78, 5) is 2.42. The highest BCUT2D eigenvalue weighted by Gasteiger charge is 2.23. The molecule has 0 unspecified atom stereocenters. The zero-order valence-corrected chi connectivity index (χ0v) is 19.0. The number of rotatable bonds is 7. The maximum Gasteiger partial charge on any atom is 0.156 e. The molecule has 0 aliphatic carbocycles. The highest BCUT2D eigenvalue weighted by Crippen LogP contribution is 2.29. The topological polar surface area (TPSA) is 68.1 Å². The van der Waals surface area contributed by atoms with E-state index < -0.39 is 9.84 Å². The van der Waals surface area contributed by atoms with Gasteiger partial charge in [-0.1, -0.05) is 47.7 Å². The van der Waals surface area contributed by atoms with Crippen LogP contribution in [0.15, 0.2) is 60.8 Å². The van der Waals surface area contributed by atoms with Gasteiger partial charge in [0.2, 0.25) is 0 Å². The van der Waals surface area contributed by atoms with Gasteiger partial charge in [-0.05, 0) is 69.0 Å². The van der Waals surface area contributed by atoms with Crippen LogP contribution in [0.5, 0.6) is 0 Å². The maximum atomic E-state index is 12.3. The molecule has 2 aromatic carbocycles. The van der Waals surface area contributed by atoms with Crippen molar-refractivity contribution in [1.29, 1.82) is 0 Å². The minimum Gasteiger partial charge on any atom is -0.297 e. The summed E-state index contributed by atoms with van der Waals surface area (Å²) in [6.45, 7) is 6.28. The lowest BCUT2D eigenvalue weighted by Crippen LogP contribution is -2.32. The Hall–Kier alpha value is -2.51. The minimum absolute atomic E-state index is 0.119. The van der Waals surface area contributed by atoms with E-state index in [2.05, 4.69) is 27.3 Å². The molecule has 6 nitrogen and oxygen atoms in total. The molecular formula is C24H30N4O2S. The van der Waals surface area contributed by atoms with Gasteiger partial charge < -0.3 is 0 Å². The van der Waals surface area contributed by atoms with Crippen LogP contribution in [0.3, 0.4) is 0 Å². The number of hydrogen-bond acceptors (Lipinski definition) is 5. The third-order valence-electron chi connectivity index (χ3n) is 6.04. The Labute approximate surface area is 184 Å². The fourth-order valence-electron chi connectivity index (χ4n) is 4.07. The Bertz CT molecular complexity index is 1100. The molecule has 0 saturated carbocycles. The molecule has 0 bridgehead atoms. The molecule has 0 radical (unpaired) electrons. The summed E-state index contributed by atoms with van der Waals surface area (Å²) in [5.74, 6) is 0.590. The molecule has 1 fully saturated rings. The van der Waals surface area contributed by atoms with Gasteiger partial charge in [-0.15, -0.1) is 5.10 Å². The van der Waals surface area contributed by atoms with Crippen LogP contribution in [0, 0.1) is 0 Å². The summed E-state index contributed by atoms with van der Waals surface area (Å²) < 4.78 is 26.4. The van der Waals surface area contributed by atoms with Crippen LogP contribution in [0.1, 0.15) is 49.4 Å². The highest BCUT2D eigenvalue weighted by molar-refractivity contribution is 7.91. The number of aromatic nitrogens is 3. The molecular weight excluding hydrogens is 408 g/mol. The summed E-state index contributed by atoms with van der Waals surface area (Å²) in [5, 5.41) is 8.25. The molecule has 0 spiro atoms. The lowest BCUT2D eigenvalue weighted by molar-refractivity contribution is 0.202. The monoisotopic (exact) mass is 438 g/mol. The smallest absolute Gasteiger partial charge is 0.156 e. The summed E-state index contributed by atoms with van der Waals surface area (Å²) in [6.07, 6.45) is 4.13. The van der Waals surface area contributed by atoms with Gasteiger partial charge in [0.25, 0.3) is 0 Å². The first-order valence-electron chi connectivity index (χ1n) is 10.9. The molecule has 31 heavy (non-hydrogen) atoms. The number of piperidine rings is 1. The van der Waals surface area contributed by atoms with Crippen LogP contribution >= 0.6 is 0 Å². The van der Waals surface area contributed by atoms with Crippen molar-refractivity contribution in [3.63, 3.8) is 0 Å². The number of benzene rings is 2. The van der Waals surface area contributed by atoms with Gasteiger partial charge >= 0.3 is 0 Å². The third-order valence-corrected chi connectivity index (χ3v) is 8.22. The number of para-hydroxylation sites is 1. The maximum absolute atomic E-state index is 12.3. The predicted molar refractivity (Wildman–Crippen MR) is 123 cm³/mol. The SMILES string of the molecule is CC(C)S(=O)(=O)Cc1cccc(C2CCN(Cc3cn(-c4ccccc4)nn3)CC2)c1. The molecule has 0 N–H and O–H groups in total. The van der Waals surface area contributed by atoms with Crippen molar-refractivity contribution in [2.45, 2.75) is 50.2 Å². The van der Waals surface area contributed by atoms with Crippen molar-refractivity contribution in [2.24, 2.45) is 0 Å². The molecule has 1 aliphatic rings. The Kier molecular flexibility index (Phi) is 6.53. The van der Waals surface area contributed by atoms with E-state index in [1.807, 2.05) is 53.3 Å². The molecule has 0 amide bonds. The first-order valence-corrected chi connectivity index (χ1v) is 12.6. The number of hydrogen-bond donors (Lipinski definition) is 0. The fraction of sp³-hybridized carbons (Fsp3) is 0.417. The second-order valence-electron chi connectivity index (χ2n) is 8.64. The highest BCUT2D eigenvalue weighted by atomic mass is 32.2. The molecule has 1 aromatic heterocycles. The van der Waals surface area contributed by atoms with Crippen molar-refractivity contribution in [1.82, 2.24) is 19.9 Å². The second kappa shape index (κ2) is 9.32. The van der Waals surface area contributed by atoms with Gasteiger partial charge in [0.1, 0.15) is 0 Å². The average Bonchev–Trinajstić information content (AvgIpc) is 3.23. The fourth-order valence-corrected chi connectivity index (χ4v) is 5.04. The van der Waals surface area contributed by atoms with E-state index in [9.17, 15) is 8.42 Å². The number of nitrogens with zero attached hydrogens (tertiary/aromatic N) is 4. The minimum atomic E-state index is -3.08. The van der Waals surface area contributed by atoms with Crippen molar-refractivity contribution < 1.29 is 8.42 Å². The average molecular weight is 439 g/mol. The quantitative estimate of drug-likeness (QED) is 0.558. The van der Waals surface area contributed by atoms with Crippen LogP contribution < -0.4 is 0 Å². The zero-order chi connectivity index (χ0) is 21.8. The summed E-state index contributed by atoms with van der Waals surface area (Å²) in [7, 11) is -3.08. The van der Waals surface area contributed by atoms with Crippen LogP contribution in [0.25, 0.3) is 5.69 Å². The first kappa shape index (κ1) is 21.7. The third kappa shape index (κ3) is 5.40. The predicted octanol–water partition coefficient (Wildman–Crippen LogP) is 3.97. The zero-order valence-electron chi connectivity index (χ0n) is 18.2. The van der Waals surface area contributed by atoms with Crippen LogP contribution in [0.4, 0.5) is 0 Å². The molecule has 1 saturated heterocycles. The van der Waals surface area contributed by atoms with Crippen molar-refractivity contribution >= 4 is 9.84 Å². The van der Waals surface area contributed by atoms with Crippen molar-refractivity contribution in [2.75, 3.05) is 13.1 Å². The van der Waals surface area contributed by atoms with E-state index in [0.717, 1.165) is 49.4 Å². The van der Waals surface area contributed by atoms with E-state index in [4.69, 9.17) is 0 Å². The summed E-state index contributed by atoms with van der Waals surface area (Å²) in [6, 6.07) is 18.2. The Balaban J connectivity index is 1.34. The number of likely N-dealkylation sites (tertiary alicyclic amines) is 1. The second-order valence-corrected chi connectivity index (χ2v) is 11.2. The molecule has 164 valence electrons. The van der Waals surface area contributed by atoms with E-state index >= 15 is 0 Å². The van der Waals surface area contributed by atoms with E-state index in [-0.39, 0.29) is 11.0 Å². The van der Waals surface area contributed by atoms with Gasteiger partial charge in [0, 0.05) is 6.54 Å². The van der Waals surface area contributed by atoms with Gasteiger partial charge in [-0.3, -0.25) is 4.90 Å². The van der Waals surface area contributed by atoms with E-state index in [1.54, 1.807) is 13.8 Å². The van der Waals surface area contributed by atoms with E-state index in [1.165, 1.54) is 5.56 Å².